The van der Waals surface area contributed by atoms with E-state index in [1.165, 1.54) is 199 Å². The predicted octanol–water partition coefficient (Wildman–Crippen LogP) is 20.2. The fourth-order valence-corrected chi connectivity index (χ4v) is 8.70. The van der Waals surface area contributed by atoms with Crippen LogP contribution in [0.5, 0.6) is 0 Å². The smallest absolute Gasteiger partial charge is 0.306 e. The van der Waals surface area contributed by atoms with Gasteiger partial charge in [-0.15, -0.1) is 0 Å². The average Bonchev–Trinajstić information content (AvgIpc) is 3.35. The van der Waals surface area contributed by atoms with Gasteiger partial charge in [-0.05, 0) is 103 Å². The van der Waals surface area contributed by atoms with Crippen LogP contribution in [0.25, 0.3) is 0 Å². The summed E-state index contributed by atoms with van der Waals surface area (Å²) in [6.45, 7) is 6.62. The van der Waals surface area contributed by atoms with Crippen LogP contribution < -0.4 is 0 Å². The second-order valence-corrected chi connectivity index (χ2v) is 20.2. The molecule has 402 valence electrons. The molecular weight excluding hydrogens is 853 g/mol. The number of hydrogen-bond donors (Lipinski definition) is 0. The van der Waals surface area contributed by atoms with Gasteiger partial charge in [0, 0.05) is 19.3 Å². The highest BCUT2D eigenvalue weighted by Crippen LogP contribution is 2.16. The minimum atomic E-state index is -0.780. The number of carbonyl (C=O) groups is 3. The lowest BCUT2D eigenvalue weighted by Gasteiger charge is -2.18. The van der Waals surface area contributed by atoms with Crippen molar-refractivity contribution in [3.63, 3.8) is 0 Å². The molecule has 0 radical (unpaired) electrons. The van der Waals surface area contributed by atoms with Gasteiger partial charge in [0.05, 0.1) is 0 Å². The molecule has 0 N–H and O–H groups in total. The number of esters is 3. The molecule has 0 fully saturated rings. The molecule has 0 aliphatic carbocycles. The summed E-state index contributed by atoms with van der Waals surface area (Å²) in [6, 6.07) is 0. The fraction of sp³-hybridized carbons (Fsp3) is 0.825. The number of rotatable bonds is 55. The number of allylic oxidation sites excluding steroid dienone is 8. The third kappa shape index (κ3) is 56.2. The zero-order valence-corrected chi connectivity index (χ0v) is 46.1. The van der Waals surface area contributed by atoms with Crippen molar-refractivity contribution in [2.24, 2.45) is 0 Å². The Balaban J connectivity index is 4.35. The van der Waals surface area contributed by atoms with Crippen molar-refractivity contribution in [1.29, 1.82) is 0 Å². The van der Waals surface area contributed by atoms with E-state index in [1.54, 1.807) is 0 Å². The van der Waals surface area contributed by atoms with Crippen LogP contribution in [0.4, 0.5) is 0 Å². The molecule has 69 heavy (non-hydrogen) atoms. The molecule has 0 heterocycles. The van der Waals surface area contributed by atoms with E-state index in [9.17, 15) is 14.4 Å². The summed E-state index contributed by atoms with van der Waals surface area (Å²) in [5, 5.41) is 0. The summed E-state index contributed by atoms with van der Waals surface area (Å²) < 4.78 is 16.9. The first-order chi connectivity index (χ1) is 34.0. The average molecular weight is 968 g/mol. The molecule has 1 atom stereocenters. The Kier molecular flexibility index (Phi) is 55.7. The van der Waals surface area contributed by atoms with Crippen molar-refractivity contribution in [3.05, 3.63) is 48.6 Å². The molecule has 0 aromatic rings. The lowest BCUT2D eigenvalue weighted by Crippen LogP contribution is -2.30. The largest absolute Gasteiger partial charge is 0.462 e. The Morgan fingerprint density at radius 3 is 0.855 bits per heavy atom. The molecular formula is C63H114O6. The predicted molar refractivity (Wildman–Crippen MR) is 298 cm³/mol. The maximum absolute atomic E-state index is 12.9. The number of unbranched alkanes of at least 4 members (excludes halogenated alkanes) is 36. The quantitative estimate of drug-likeness (QED) is 0.0262. The molecule has 6 nitrogen and oxygen atoms in total. The standard InChI is InChI=1S/C63H114O6/c1-4-7-10-13-16-19-22-25-28-29-30-31-32-33-36-39-42-45-48-51-54-57-63(66)69-60(58-67-61(64)55-52-49-46-43-40-37-34-26-23-20-17-14-11-8-5-2)59-68-62(65)56-53-50-47-44-41-38-35-27-24-21-18-15-12-9-6-3/h17,20-21,24-26,28,34,60H,4-16,18-19,22-23,27,29-33,35-59H2,1-3H3/b20-17-,24-21-,28-25-,34-26-/t60-/m1/s1. The molecule has 0 rings (SSSR count). The minimum Gasteiger partial charge on any atom is -0.462 e. The maximum atomic E-state index is 12.9. The Morgan fingerprint density at radius 1 is 0.290 bits per heavy atom. The fourth-order valence-electron chi connectivity index (χ4n) is 8.70. The maximum Gasteiger partial charge on any atom is 0.306 e. The summed E-state index contributed by atoms with van der Waals surface area (Å²) in [5.74, 6) is -0.882. The van der Waals surface area contributed by atoms with Gasteiger partial charge >= 0.3 is 17.9 Å². The van der Waals surface area contributed by atoms with Gasteiger partial charge in [0.1, 0.15) is 13.2 Å². The second-order valence-electron chi connectivity index (χ2n) is 20.2. The van der Waals surface area contributed by atoms with Crippen LogP contribution in [-0.2, 0) is 28.6 Å². The number of ether oxygens (including phenoxy) is 3. The van der Waals surface area contributed by atoms with E-state index in [0.29, 0.717) is 19.3 Å². The second kappa shape index (κ2) is 57.9. The van der Waals surface area contributed by atoms with E-state index >= 15 is 0 Å². The molecule has 0 amide bonds. The van der Waals surface area contributed by atoms with E-state index in [-0.39, 0.29) is 31.1 Å². The Labute approximate surface area is 428 Å². The zero-order chi connectivity index (χ0) is 50.0. The molecule has 0 unspecified atom stereocenters. The zero-order valence-electron chi connectivity index (χ0n) is 46.1. The van der Waals surface area contributed by atoms with Crippen LogP contribution in [0.15, 0.2) is 48.6 Å². The molecule has 0 aromatic carbocycles. The van der Waals surface area contributed by atoms with Crippen LogP contribution in [0, 0.1) is 0 Å². The van der Waals surface area contributed by atoms with Gasteiger partial charge in [-0.3, -0.25) is 14.4 Å². The summed E-state index contributed by atoms with van der Waals surface area (Å²) in [4.78, 5) is 38.2. The molecule has 0 spiro atoms. The SMILES string of the molecule is CCCCC/C=C\C/C=C\CCCCCCCC(=O)OC[C@H](COC(=O)CCCCCCCCC/C=C\CCCCCC)OC(=O)CCCCCCCCCCCCC/C=C\CCCCCCCC. The minimum absolute atomic E-state index is 0.0783. The summed E-state index contributed by atoms with van der Waals surface area (Å²) in [6.07, 6.45) is 71.0. The van der Waals surface area contributed by atoms with Gasteiger partial charge in [0.2, 0.25) is 0 Å². The molecule has 0 aliphatic rings. The Bertz CT molecular complexity index is 1200. The van der Waals surface area contributed by atoms with E-state index in [2.05, 4.69) is 69.4 Å². The van der Waals surface area contributed by atoms with Crippen LogP contribution in [0.3, 0.4) is 0 Å². The van der Waals surface area contributed by atoms with Crippen molar-refractivity contribution < 1.29 is 28.6 Å². The summed E-state index contributed by atoms with van der Waals surface area (Å²) >= 11 is 0. The molecule has 0 aliphatic heterocycles. The van der Waals surface area contributed by atoms with Crippen molar-refractivity contribution in [3.8, 4) is 0 Å². The normalized spacial score (nSPS) is 12.3. The highest BCUT2D eigenvalue weighted by molar-refractivity contribution is 5.71. The molecule has 0 aromatic heterocycles. The van der Waals surface area contributed by atoms with Gasteiger partial charge in [0.25, 0.3) is 0 Å². The van der Waals surface area contributed by atoms with E-state index in [0.717, 1.165) is 77.0 Å². The molecule has 0 saturated heterocycles. The lowest BCUT2D eigenvalue weighted by atomic mass is 10.0. The van der Waals surface area contributed by atoms with Crippen molar-refractivity contribution in [2.75, 3.05) is 13.2 Å². The van der Waals surface area contributed by atoms with Gasteiger partial charge in [0.15, 0.2) is 6.10 Å². The topological polar surface area (TPSA) is 78.9 Å². The first-order valence-corrected chi connectivity index (χ1v) is 30.1. The Morgan fingerprint density at radius 2 is 0.522 bits per heavy atom. The first kappa shape index (κ1) is 66.4. The Hall–Kier alpha value is -2.63. The summed E-state index contributed by atoms with van der Waals surface area (Å²) in [5.41, 5.74) is 0. The third-order valence-electron chi connectivity index (χ3n) is 13.3. The van der Waals surface area contributed by atoms with Crippen LogP contribution in [0.2, 0.25) is 0 Å². The van der Waals surface area contributed by atoms with Gasteiger partial charge < -0.3 is 14.2 Å². The molecule has 6 heteroatoms. The van der Waals surface area contributed by atoms with Crippen LogP contribution >= 0.6 is 0 Å². The van der Waals surface area contributed by atoms with Gasteiger partial charge in [-0.2, -0.15) is 0 Å². The highest BCUT2D eigenvalue weighted by atomic mass is 16.6. The van der Waals surface area contributed by atoms with Crippen molar-refractivity contribution >= 4 is 17.9 Å². The van der Waals surface area contributed by atoms with Gasteiger partial charge in [-0.25, -0.2) is 0 Å². The summed E-state index contributed by atoms with van der Waals surface area (Å²) in [7, 11) is 0. The lowest BCUT2D eigenvalue weighted by molar-refractivity contribution is -0.167. The first-order valence-electron chi connectivity index (χ1n) is 30.1. The molecule has 0 bridgehead atoms. The number of hydrogen-bond acceptors (Lipinski definition) is 6. The van der Waals surface area contributed by atoms with Crippen LogP contribution in [0.1, 0.15) is 316 Å². The van der Waals surface area contributed by atoms with E-state index < -0.39 is 6.10 Å². The third-order valence-corrected chi connectivity index (χ3v) is 13.3. The van der Waals surface area contributed by atoms with E-state index in [1.807, 2.05) is 0 Å². The van der Waals surface area contributed by atoms with E-state index in [4.69, 9.17) is 14.2 Å². The van der Waals surface area contributed by atoms with Crippen LogP contribution in [-0.4, -0.2) is 37.2 Å². The highest BCUT2D eigenvalue weighted by Gasteiger charge is 2.19. The number of carbonyl (C=O) groups excluding carboxylic acids is 3. The van der Waals surface area contributed by atoms with Crippen molar-refractivity contribution in [1.82, 2.24) is 0 Å². The monoisotopic (exact) mass is 967 g/mol. The molecule has 0 saturated carbocycles. The van der Waals surface area contributed by atoms with Gasteiger partial charge in [-0.1, -0.05) is 243 Å². The van der Waals surface area contributed by atoms with Crippen molar-refractivity contribution in [2.45, 2.75) is 322 Å².